The third-order valence-corrected chi connectivity index (χ3v) is 2.90. The molecule has 1 heterocycles. The fourth-order valence-corrected chi connectivity index (χ4v) is 1.91. The minimum absolute atomic E-state index is 0.0795. The minimum atomic E-state index is -4.67. The lowest BCUT2D eigenvalue weighted by Crippen LogP contribution is -2.20. The molecule has 0 saturated heterocycles. The summed E-state index contributed by atoms with van der Waals surface area (Å²) < 4.78 is 44.4. The molecule has 0 bridgehead atoms. The van der Waals surface area contributed by atoms with E-state index in [1.807, 2.05) is 0 Å². The molecule has 0 fully saturated rings. The lowest BCUT2D eigenvalue weighted by Gasteiger charge is -2.14. The van der Waals surface area contributed by atoms with Gasteiger partial charge >= 0.3 is 6.18 Å². The van der Waals surface area contributed by atoms with Crippen molar-refractivity contribution in [3.05, 3.63) is 51.4 Å². The molecule has 1 aromatic carbocycles. The van der Waals surface area contributed by atoms with E-state index in [0.29, 0.717) is 0 Å². The van der Waals surface area contributed by atoms with Crippen LogP contribution in [0.25, 0.3) is 5.69 Å². The molecule has 0 spiro atoms. The van der Waals surface area contributed by atoms with Gasteiger partial charge in [0, 0.05) is 18.3 Å². The van der Waals surface area contributed by atoms with Crippen molar-refractivity contribution in [3.63, 3.8) is 0 Å². The van der Waals surface area contributed by atoms with E-state index in [-0.39, 0.29) is 11.4 Å². The number of nitrogens with zero attached hydrogens (tertiary/aromatic N) is 2. The monoisotopic (exact) mass is 304 g/mol. The van der Waals surface area contributed by atoms with E-state index in [1.54, 1.807) is 0 Å². The van der Waals surface area contributed by atoms with E-state index >= 15 is 0 Å². The molecule has 0 N–H and O–H groups in total. The van der Waals surface area contributed by atoms with Crippen LogP contribution in [0.1, 0.15) is 5.56 Å². The molecule has 0 unspecified atom stereocenters. The Hall–Kier alpha value is -2.02. The minimum Gasteiger partial charge on any atom is -0.495 e. The first kappa shape index (κ1) is 14.4. The standard InChI is InChI=1S/C12H8ClF3N2O2/c1-20-9-6-7(18-10(19)3-2-4-17-18)5-8(11(9)13)12(14,15)16/h2-6H,1H3. The summed E-state index contributed by atoms with van der Waals surface area (Å²) in [4.78, 5) is 11.6. The molecule has 0 radical (unpaired) electrons. The molecule has 1 aromatic heterocycles. The molecule has 0 aliphatic heterocycles. The van der Waals surface area contributed by atoms with Crippen molar-refractivity contribution in [1.82, 2.24) is 9.78 Å². The topological polar surface area (TPSA) is 44.1 Å². The number of aromatic nitrogens is 2. The van der Waals surface area contributed by atoms with Crippen LogP contribution in [0.4, 0.5) is 13.2 Å². The number of methoxy groups -OCH3 is 1. The highest BCUT2D eigenvalue weighted by Gasteiger charge is 2.35. The van der Waals surface area contributed by atoms with Gasteiger partial charge in [-0.3, -0.25) is 4.79 Å². The van der Waals surface area contributed by atoms with Gasteiger partial charge in [0.25, 0.3) is 5.56 Å². The molecule has 2 aromatic rings. The normalized spacial score (nSPS) is 11.4. The Kier molecular flexibility index (Phi) is 3.71. The second-order valence-electron chi connectivity index (χ2n) is 3.78. The Morgan fingerprint density at radius 3 is 2.60 bits per heavy atom. The summed E-state index contributed by atoms with van der Waals surface area (Å²) in [5, 5.41) is 3.15. The summed E-state index contributed by atoms with van der Waals surface area (Å²) in [7, 11) is 1.19. The van der Waals surface area contributed by atoms with Crippen LogP contribution in [0.15, 0.2) is 35.3 Å². The predicted octanol–water partition coefficient (Wildman–Crippen LogP) is 2.91. The molecule has 0 aliphatic carbocycles. The molecule has 0 amide bonds. The first-order valence-electron chi connectivity index (χ1n) is 5.34. The van der Waals surface area contributed by atoms with E-state index in [2.05, 4.69) is 5.10 Å². The first-order valence-corrected chi connectivity index (χ1v) is 5.72. The zero-order valence-corrected chi connectivity index (χ0v) is 10.9. The molecular formula is C12H8ClF3N2O2. The summed E-state index contributed by atoms with van der Waals surface area (Å²) in [5.41, 5.74) is -1.74. The highest BCUT2D eigenvalue weighted by Crippen LogP contribution is 2.40. The molecule has 106 valence electrons. The molecule has 0 aliphatic rings. The number of halogens is 4. The average Bonchev–Trinajstić information content (AvgIpc) is 2.38. The van der Waals surface area contributed by atoms with Crippen molar-refractivity contribution in [2.45, 2.75) is 6.18 Å². The van der Waals surface area contributed by atoms with Crippen molar-refractivity contribution >= 4 is 11.6 Å². The molecule has 0 saturated carbocycles. The van der Waals surface area contributed by atoms with E-state index in [9.17, 15) is 18.0 Å². The van der Waals surface area contributed by atoms with Crippen LogP contribution < -0.4 is 10.3 Å². The van der Waals surface area contributed by atoms with Crippen LogP contribution in [0.5, 0.6) is 5.75 Å². The maximum atomic E-state index is 12.9. The third kappa shape index (κ3) is 2.62. The first-order chi connectivity index (χ1) is 9.34. The van der Waals surface area contributed by atoms with E-state index < -0.39 is 22.3 Å². The van der Waals surface area contributed by atoms with Gasteiger partial charge < -0.3 is 4.74 Å². The predicted molar refractivity (Wildman–Crippen MR) is 66.4 cm³/mol. The van der Waals surface area contributed by atoms with Gasteiger partial charge in [0.2, 0.25) is 0 Å². The fraction of sp³-hybridized carbons (Fsp3) is 0.167. The van der Waals surface area contributed by atoms with Crippen LogP contribution in [0.3, 0.4) is 0 Å². The quantitative estimate of drug-likeness (QED) is 0.857. The maximum Gasteiger partial charge on any atom is 0.418 e. The Morgan fingerprint density at radius 1 is 1.35 bits per heavy atom. The summed E-state index contributed by atoms with van der Waals surface area (Å²) in [6.45, 7) is 0. The van der Waals surface area contributed by atoms with Crippen molar-refractivity contribution in [1.29, 1.82) is 0 Å². The molecule has 2 rings (SSSR count). The number of ether oxygens (including phenoxy) is 1. The molecule has 0 atom stereocenters. The summed E-state index contributed by atoms with van der Waals surface area (Å²) in [5.74, 6) is -0.186. The average molecular weight is 305 g/mol. The zero-order valence-electron chi connectivity index (χ0n) is 10.1. The van der Waals surface area contributed by atoms with Crippen LogP contribution in [0, 0.1) is 0 Å². The second-order valence-corrected chi connectivity index (χ2v) is 4.16. The highest BCUT2D eigenvalue weighted by atomic mass is 35.5. The number of hydrogen-bond acceptors (Lipinski definition) is 3. The van der Waals surface area contributed by atoms with Crippen LogP contribution in [-0.2, 0) is 6.18 Å². The van der Waals surface area contributed by atoms with Crippen molar-refractivity contribution in [2.75, 3.05) is 7.11 Å². The Bertz CT molecular complexity index is 698. The van der Waals surface area contributed by atoms with Gasteiger partial charge in [-0.15, -0.1) is 0 Å². The van der Waals surface area contributed by atoms with Gasteiger partial charge in [-0.2, -0.15) is 23.0 Å². The zero-order chi connectivity index (χ0) is 14.9. The highest BCUT2D eigenvalue weighted by molar-refractivity contribution is 6.33. The van der Waals surface area contributed by atoms with Crippen molar-refractivity contribution in [2.24, 2.45) is 0 Å². The molecular weight excluding hydrogens is 297 g/mol. The van der Waals surface area contributed by atoms with E-state index in [4.69, 9.17) is 16.3 Å². The van der Waals surface area contributed by atoms with Gasteiger partial charge in [-0.1, -0.05) is 11.6 Å². The van der Waals surface area contributed by atoms with E-state index in [0.717, 1.165) is 10.7 Å². The Labute approximate surface area is 116 Å². The van der Waals surface area contributed by atoms with Gasteiger partial charge in [0.1, 0.15) is 5.75 Å². The SMILES string of the molecule is COc1cc(-n2ncccc2=O)cc(C(F)(F)F)c1Cl. The van der Waals surface area contributed by atoms with Crippen LogP contribution >= 0.6 is 11.6 Å². The summed E-state index contributed by atoms with van der Waals surface area (Å²) in [6.07, 6.45) is -3.38. The maximum absolute atomic E-state index is 12.9. The lowest BCUT2D eigenvalue weighted by atomic mass is 10.1. The second kappa shape index (κ2) is 5.16. The van der Waals surface area contributed by atoms with E-state index in [1.165, 1.54) is 31.5 Å². The number of rotatable bonds is 2. The Balaban J connectivity index is 2.73. The van der Waals surface area contributed by atoms with Gasteiger partial charge in [0.05, 0.1) is 23.4 Å². The largest absolute Gasteiger partial charge is 0.495 e. The van der Waals surface area contributed by atoms with Crippen molar-refractivity contribution in [3.8, 4) is 11.4 Å². The number of alkyl halides is 3. The molecule has 20 heavy (non-hydrogen) atoms. The summed E-state index contributed by atoms with van der Waals surface area (Å²) in [6, 6.07) is 4.53. The van der Waals surface area contributed by atoms with Gasteiger partial charge in [0.15, 0.2) is 0 Å². The van der Waals surface area contributed by atoms with Crippen molar-refractivity contribution < 1.29 is 17.9 Å². The van der Waals surface area contributed by atoms with Crippen LogP contribution in [-0.4, -0.2) is 16.9 Å². The summed E-state index contributed by atoms with van der Waals surface area (Å²) >= 11 is 5.64. The third-order valence-electron chi connectivity index (χ3n) is 2.51. The molecule has 4 nitrogen and oxygen atoms in total. The number of hydrogen-bond donors (Lipinski definition) is 0. The lowest BCUT2D eigenvalue weighted by molar-refractivity contribution is -0.137. The fourth-order valence-electron chi connectivity index (χ4n) is 1.61. The van der Waals surface area contributed by atoms with Crippen LogP contribution in [0.2, 0.25) is 5.02 Å². The number of benzene rings is 1. The smallest absolute Gasteiger partial charge is 0.418 e. The molecule has 8 heteroatoms. The van der Waals surface area contributed by atoms with Gasteiger partial charge in [-0.25, -0.2) is 0 Å². The van der Waals surface area contributed by atoms with Gasteiger partial charge in [-0.05, 0) is 12.1 Å². The Morgan fingerprint density at radius 2 is 2.05 bits per heavy atom.